The zero-order chi connectivity index (χ0) is 12.1. The van der Waals surface area contributed by atoms with Crippen LogP contribution in [0, 0.1) is 11.8 Å². The van der Waals surface area contributed by atoms with Crippen LogP contribution in [0.4, 0.5) is 0 Å². The highest BCUT2D eigenvalue weighted by molar-refractivity contribution is 5.04. The van der Waals surface area contributed by atoms with Crippen LogP contribution in [0.1, 0.15) is 52.9 Å². The Balaban J connectivity index is 2.38. The van der Waals surface area contributed by atoms with Crippen LogP contribution in [0.2, 0.25) is 0 Å². The predicted octanol–water partition coefficient (Wildman–Crippen LogP) is 4.09. The van der Waals surface area contributed by atoms with Gasteiger partial charge in [0, 0.05) is 0 Å². The predicted molar refractivity (Wildman–Crippen MR) is 70.3 cm³/mol. The van der Waals surface area contributed by atoms with E-state index < -0.39 is 0 Å². The molecule has 0 aliphatic heterocycles. The summed E-state index contributed by atoms with van der Waals surface area (Å²) < 4.78 is 0. The van der Waals surface area contributed by atoms with Gasteiger partial charge in [-0.05, 0) is 57.8 Å². The molecule has 0 aromatic heterocycles. The number of hydrogen-bond acceptors (Lipinski definition) is 1. The van der Waals surface area contributed by atoms with Crippen molar-refractivity contribution in [3.05, 3.63) is 23.8 Å². The molecule has 92 valence electrons. The highest BCUT2D eigenvalue weighted by Crippen LogP contribution is 2.32. The number of rotatable bonds is 5. The largest absolute Gasteiger partial charge is 0.393 e. The van der Waals surface area contributed by atoms with Gasteiger partial charge in [0.05, 0.1) is 6.10 Å². The molecule has 0 heterocycles. The SMILES string of the molecule is C=C(C)CCC(O)C(C)C1CC=C(C)CC1. The smallest absolute Gasteiger partial charge is 0.0571 e. The summed E-state index contributed by atoms with van der Waals surface area (Å²) in [5, 5.41) is 10.1. The van der Waals surface area contributed by atoms with Crippen molar-refractivity contribution in [2.75, 3.05) is 0 Å². The first-order valence-corrected chi connectivity index (χ1v) is 6.48. The summed E-state index contributed by atoms with van der Waals surface area (Å²) >= 11 is 0. The van der Waals surface area contributed by atoms with Gasteiger partial charge in [0.25, 0.3) is 0 Å². The Morgan fingerprint density at radius 3 is 2.81 bits per heavy atom. The lowest BCUT2D eigenvalue weighted by Gasteiger charge is -2.30. The van der Waals surface area contributed by atoms with Crippen LogP contribution in [0.5, 0.6) is 0 Å². The van der Waals surface area contributed by atoms with Gasteiger partial charge in [0.2, 0.25) is 0 Å². The van der Waals surface area contributed by atoms with Crippen LogP contribution in [0.15, 0.2) is 23.8 Å². The third-order valence-corrected chi connectivity index (χ3v) is 3.90. The van der Waals surface area contributed by atoms with Gasteiger partial charge < -0.3 is 5.11 Å². The quantitative estimate of drug-likeness (QED) is 0.695. The third-order valence-electron chi connectivity index (χ3n) is 3.90. The number of hydrogen-bond donors (Lipinski definition) is 1. The molecular formula is C15H26O. The molecule has 0 spiro atoms. The number of aliphatic hydroxyl groups excluding tert-OH is 1. The summed E-state index contributed by atoms with van der Waals surface area (Å²) in [7, 11) is 0. The molecule has 1 aliphatic carbocycles. The van der Waals surface area contributed by atoms with E-state index in [1.807, 2.05) is 6.92 Å². The molecule has 0 aromatic carbocycles. The Kier molecular flexibility index (Phi) is 5.27. The van der Waals surface area contributed by atoms with Crippen molar-refractivity contribution in [1.29, 1.82) is 0 Å². The van der Waals surface area contributed by atoms with Gasteiger partial charge in [-0.1, -0.05) is 24.1 Å². The Labute approximate surface area is 100 Å². The van der Waals surface area contributed by atoms with Crippen molar-refractivity contribution in [3.8, 4) is 0 Å². The summed E-state index contributed by atoms with van der Waals surface area (Å²) in [5.74, 6) is 1.09. The van der Waals surface area contributed by atoms with E-state index in [0.29, 0.717) is 11.8 Å². The summed E-state index contributed by atoms with van der Waals surface area (Å²) in [6.45, 7) is 10.3. The summed E-state index contributed by atoms with van der Waals surface area (Å²) in [5.41, 5.74) is 2.69. The van der Waals surface area contributed by atoms with Crippen LogP contribution >= 0.6 is 0 Å². The van der Waals surface area contributed by atoms with E-state index in [1.54, 1.807) is 0 Å². The second-order valence-electron chi connectivity index (χ2n) is 5.51. The maximum absolute atomic E-state index is 10.1. The van der Waals surface area contributed by atoms with Crippen molar-refractivity contribution in [2.45, 2.75) is 59.0 Å². The fourth-order valence-electron chi connectivity index (χ4n) is 2.43. The lowest BCUT2D eigenvalue weighted by atomic mass is 9.78. The van der Waals surface area contributed by atoms with E-state index in [9.17, 15) is 5.11 Å². The molecule has 0 saturated heterocycles. The highest BCUT2D eigenvalue weighted by Gasteiger charge is 2.24. The first kappa shape index (κ1) is 13.5. The minimum absolute atomic E-state index is 0.159. The Morgan fingerprint density at radius 2 is 2.31 bits per heavy atom. The Morgan fingerprint density at radius 1 is 1.62 bits per heavy atom. The zero-order valence-corrected chi connectivity index (χ0v) is 11.0. The second-order valence-corrected chi connectivity index (χ2v) is 5.51. The van der Waals surface area contributed by atoms with Crippen LogP contribution in [0.25, 0.3) is 0 Å². The first-order valence-electron chi connectivity index (χ1n) is 6.48. The number of allylic oxidation sites excluding steroid dienone is 3. The average molecular weight is 222 g/mol. The van der Waals surface area contributed by atoms with Crippen molar-refractivity contribution < 1.29 is 5.11 Å². The van der Waals surface area contributed by atoms with Crippen molar-refractivity contribution in [1.82, 2.24) is 0 Å². The van der Waals surface area contributed by atoms with E-state index >= 15 is 0 Å². The van der Waals surface area contributed by atoms with Crippen molar-refractivity contribution in [3.63, 3.8) is 0 Å². The molecule has 1 rings (SSSR count). The second kappa shape index (κ2) is 6.24. The molecule has 1 nitrogen and oxygen atoms in total. The minimum atomic E-state index is -0.159. The van der Waals surface area contributed by atoms with E-state index in [2.05, 4.69) is 26.5 Å². The van der Waals surface area contributed by atoms with E-state index in [4.69, 9.17) is 0 Å². The summed E-state index contributed by atoms with van der Waals surface area (Å²) in [6, 6.07) is 0. The fourth-order valence-corrected chi connectivity index (χ4v) is 2.43. The van der Waals surface area contributed by atoms with Gasteiger partial charge in [-0.3, -0.25) is 0 Å². The Bertz CT molecular complexity index is 265. The van der Waals surface area contributed by atoms with Crippen LogP contribution in [-0.4, -0.2) is 11.2 Å². The van der Waals surface area contributed by atoms with Crippen LogP contribution < -0.4 is 0 Å². The molecule has 3 atom stereocenters. The van der Waals surface area contributed by atoms with Gasteiger partial charge in [0.1, 0.15) is 0 Å². The van der Waals surface area contributed by atoms with Crippen molar-refractivity contribution in [2.24, 2.45) is 11.8 Å². The van der Waals surface area contributed by atoms with E-state index in [-0.39, 0.29) is 6.10 Å². The third kappa shape index (κ3) is 4.13. The molecule has 0 radical (unpaired) electrons. The van der Waals surface area contributed by atoms with Gasteiger partial charge in [-0.2, -0.15) is 0 Å². The fraction of sp³-hybridized carbons (Fsp3) is 0.733. The number of aliphatic hydroxyl groups is 1. The normalized spacial score (nSPS) is 24.8. The molecule has 1 N–H and O–H groups in total. The average Bonchev–Trinajstić information content (AvgIpc) is 2.26. The minimum Gasteiger partial charge on any atom is -0.393 e. The monoisotopic (exact) mass is 222 g/mol. The molecule has 0 bridgehead atoms. The summed E-state index contributed by atoms with van der Waals surface area (Å²) in [4.78, 5) is 0. The molecule has 1 aliphatic rings. The lowest BCUT2D eigenvalue weighted by Crippen LogP contribution is -2.26. The molecule has 0 amide bonds. The van der Waals surface area contributed by atoms with Gasteiger partial charge in [-0.25, -0.2) is 0 Å². The molecule has 3 unspecified atom stereocenters. The topological polar surface area (TPSA) is 20.2 Å². The molecular weight excluding hydrogens is 196 g/mol. The summed E-state index contributed by atoms with van der Waals surface area (Å²) in [6.07, 6.45) is 7.61. The molecule has 0 fully saturated rings. The molecule has 0 aromatic rings. The maximum atomic E-state index is 10.1. The first-order chi connectivity index (χ1) is 7.50. The van der Waals surface area contributed by atoms with Crippen LogP contribution in [-0.2, 0) is 0 Å². The van der Waals surface area contributed by atoms with Crippen molar-refractivity contribution >= 4 is 0 Å². The molecule has 16 heavy (non-hydrogen) atoms. The van der Waals surface area contributed by atoms with Gasteiger partial charge in [0.15, 0.2) is 0 Å². The van der Waals surface area contributed by atoms with Gasteiger partial charge >= 0.3 is 0 Å². The standard InChI is InChI=1S/C15H26O/c1-11(2)5-10-15(16)13(4)14-8-6-12(3)7-9-14/h6,13-16H,1,5,7-10H2,2-4H3. The van der Waals surface area contributed by atoms with Gasteiger partial charge in [-0.15, -0.1) is 6.58 Å². The highest BCUT2D eigenvalue weighted by atomic mass is 16.3. The van der Waals surface area contributed by atoms with E-state index in [1.165, 1.54) is 24.0 Å². The molecule has 1 heteroatoms. The lowest BCUT2D eigenvalue weighted by molar-refractivity contribution is 0.0715. The molecule has 0 saturated carbocycles. The maximum Gasteiger partial charge on any atom is 0.0571 e. The zero-order valence-electron chi connectivity index (χ0n) is 11.0. The van der Waals surface area contributed by atoms with E-state index in [0.717, 1.165) is 19.3 Å². The van der Waals surface area contributed by atoms with Crippen LogP contribution in [0.3, 0.4) is 0 Å². The Hall–Kier alpha value is -0.560.